The first-order valence-corrected chi connectivity index (χ1v) is 11.0. The molecule has 12 heteroatoms. The van der Waals surface area contributed by atoms with Gasteiger partial charge in [0.1, 0.15) is 17.7 Å². The third-order valence-corrected chi connectivity index (χ3v) is 4.23. The van der Waals surface area contributed by atoms with Crippen LogP contribution >= 0.6 is 0 Å². The van der Waals surface area contributed by atoms with E-state index in [2.05, 4.69) is 35.7 Å². The lowest BCUT2D eigenvalue weighted by molar-refractivity contribution is 0.0526. The first kappa shape index (κ1) is 26.8. The van der Waals surface area contributed by atoms with E-state index < -0.39 is 5.97 Å². The van der Waals surface area contributed by atoms with Gasteiger partial charge in [-0.05, 0) is 31.3 Å². The highest BCUT2D eigenvalue weighted by atomic mass is 16.5. The van der Waals surface area contributed by atoms with Crippen LogP contribution in [0.2, 0.25) is 0 Å². The number of amidine groups is 1. The van der Waals surface area contributed by atoms with E-state index in [0.717, 1.165) is 0 Å². The van der Waals surface area contributed by atoms with Crippen LogP contribution in [-0.2, 0) is 11.8 Å². The van der Waals surface area contributed by atoms with Gasteiger partial charge in [0.15, 0.2) is 17.4 Å². The van der Waals surface area contributed by atoms with Gasteiger partial charge in [-0.2, -0.15) is 15.1 Å². The predicted octanol–water partition coefficient (Wildman–Crippen LogP) is 2.95. The molecule has 0 fully saturated rings. The van der Waals surface area contributed by atoms with E-state index in [0.29, 0.717) is 22.8 Å². The molecule has 0 spiro atoms. The van der Waals surface area contributed by atoms with Crippen molar-refractivity contribution in [3.8, 4) is 17.1 Å². The molecule has 4 N–H and O–H groups in total. The molecule has 0 aliphatic rings. The molecule has 0 saturated heterocycles. The molecule has 1 aromatic carbocycles. The average Bonchev–Trinajstić information content (AvgIpc) is 3.30. The first-order valence-electron chi connectivity index (χ1n) is 11.0. The number of benzene rings is 1. The topological polar surface area (TPSA) is 154 Å². The second-order valence-corrected chi connectivity index (χ2v) is 6.56. The molecule has 0 aliphatic heterocycles. The second kappa shape index (κ2) is 13.3. The lowest BCUT2D eigenvalue weighted by atomic mass is 10.1. The maximum atomic E-state index is 12.5. The summed E-state index contributed by atoms with van der Waals surface area (Å²) >= 11 is 0. The third kappa shape index (κ3) is 7.00. The van der Waals surface area contributed by atoms with E-state index in [1.165, 1.54) is 13.3 Å². The number of aromatic nitrogens is 5. The van der Waals surface area contributed by atoms with Gasteiger partial charge in [-0.25, -0.2) is 14.8 Å². The molecule has 3 rings (SSSR count). The van der Waals surface area contributed by atoms with E-state index in [4.69, 9.17) is 15.2 Å². The number of methoxy groups -OCH3 is 1. The predicted molar refractivity (Wildman–Crippen MR) is 135 cm³/mol. The van der Waals surface area contributed by atoms with Crippen LogP contribution < -0.4 is 21.1 Å². The van der Waals surface area contributed by atoms with Crippen LogP contribution in [0.1, 0.15) is 31.1 Å². The van der Waals surface area contributed by atoms with Gasteiger partial charge in [0, 0.05) is 20.3 Å². The molecule has 12 nitrogen and oxygen atoms in total. The summed E-state index contributed by atoms with van der Waals surface area (Å²) in [5, 5.41) is 10.3. The monoisotopic (exact) mass is 481 g/mol. The Kier molecular flexibility index (Phi) is 10.2. The summed E-state index contributed by atoms with van der Waals surface area (Å²) in [5.41, 5.74) is 7.19. The molecule has 0 bridgehead atoms. The van der Waals surface area contributed by atoms with E-state index in [-0.39, 0.29) is 29.8 Å². The van der Waals surface area contributed by atoms with Crippen LogP contribution in [-0.4, -0.2) is 57.3 Å². The highest BCUT2D eigenvalue weighted by molar-refractivity contribution is 5.96. The van der Waals surface area contributed by atoms with Crippen molar-refractivity contribution in [1.82, 2.24) is 30.0 Å². The van der Waals surface area contributed by atoms with Gasteiger partial charge >= 0.3 is 5.97 Å². The number of rotatable bonds is 9. The molecule has 0 saturated carbocycles. The number of carbonyl (C=O) groups is 1. The number of nitrogens with one attached hydrogen (secondary N) is 2. The Hall–Kier alpha value is -4.48. The second-order valence-electron chi connectivity index (χ2n) is 6.56. The standard InChI is InChI=1S/C21H25N9O3.C2H6/c1-5-33-20(31)14-11-24-21(27-16(22)9-10-23-2)28-19(14)26-15-8-6-7-13(17(15)32-4)18-25-12-30(3)29-18;1-2/h6-12,23H,5H2,1-4H3,(H3,22,24,26,27,28);1-2H3/b10-9-;. The number of anilines is 2. The van der Waals surface area contributed by atoms with Crippen molar-refractivity contribution in [3.05, 3.63) is 48.6 Å². The zero-order valence-electron chi connectivity index (χ0n) is 20.7. The zero-order valence-corrected chi connectivity index (χ0v) is 20.7. The van der Waals surface area contributed by atoms with Crippen molar-refractivity contribution >= 4 is 29.3 Å². The van der Waals surface area contributed by atoms with Crippen LogP contribution in [0.15, 0.2) is 48.0 Å². The minimum absolute atomic E-state index is 0.0605. The number of esters is 1. The van der Waals surface area contributed by atoms with Gasteiger partial charge in [-0.1, -0.05) is 19.9 Å². The van der Waals surface area contributed by atoms with Crippen LogP contribution in [0, 0.1) is 0 Å². The Morgan fingerprint density at radius 3 is 2.69 bits per heavy atom. The van der Waals surface area contributed by atoms with Crippen molar-refractivity contribution in [2.24, 2.45) is 17.8 Å². The van der Waals surface area contributed by atoms with Gasteiger partial charge in [0.2, 0.25) is 0 Å². The van der Waals surface area contributed by atoms with Crippen LogP contribution in [0.3, 0.4) is 0 Å². The lowest BCUT2D eigenvalue weighted by Gasteiger charge is -2.15. The fourth-order valence-electron chi connectivity index (χ4n) is 2.82. The largest absolute Gasteiger partial charge is 0.494 e. The Balaban J connectivity index is 0.00000210. The molecule has 186 valence electrons. The van der Waals surface area contributed by atoms with E-state index in [1.54, 1.807) is 56.4 Å². The van der Waals surface area contributed by atoms with E-state index in [1.807, 2.05) is 19.9 Å². The summed E-state index contributed by atoms with van der Waals surface area (Å²) in [7, 11) is 5.04. The number of hydrogen-bond donors (Lipinski definition) is 3. The number of ether oxygens (including phenoxy) is 2. The molecule has 0 radical (unpaired) electrons. The summed E-state index contributed by atoms with van der Waals surface area (Å²) in [4.78, 5) is 29.4. The number of para-hydroxylation sites is 1. The maximum Gasteiger partial charge on any atom is 0.343 e. The van der Waals surface area contributed by atoms with Crippen molar-refractivity contribution in [1.29, 1.82) is 0 Å². The van der Waals surface area contributed by atoms with Crippen molar-refractivity contribution in [2.75, 3.05) is 26.1 Å². The van der Waals surface area contributed by atoms with Gasteiger partial charge in [0.05, 0.1) is 25.0 Å². The van der Waals surface area contributed by atoms with Crippen molar-refractivity contribution < 1.29 is 14.3 Å². The Morgan fingerprint density at radius 2 is 2.06 bits per heavy atom. The zero-order chi connectivity index (χ0) is 25.8. The first-order chi connectivity index (χ1) is 17.0. The molecule has 3 aromatic rings. The highest BCUT2D eigenvalue weighted by Gasteiger charge is 2.20. The molecular weight excluding hydrogens is 450 g/mol. The quantitative estimate of drug-likeness (QED) is 0.236. The number of aliphatic imine (C=N–C) groups is 1. The molecule has 0 unspecified atom stereocenters. The maximum absolute atomic E-state index is 12.5. The highest BCUT2D eigenvalue weighted by Crippen LogP contribution is 2.36. The van der Waals surface area contributed by atoms with E-state index in [9.17, 15) is 4.79 Å². The minimum Gasteiger partial charge on any atom is -0.494 e. The summed E-state index contributed by atoms with van der Waals surface area (Å²) < 4.78 is 12.4. The molecule has 0 amide bonds. The summed E-state index contributed by atoms with van der Waals surface area (Å²) in [6.45, 7) is 5.91. The van der Waals surface area contributed by atoms with Crippen LogP contribution in [0.25, 0.3) is 11.4 Å². The fraction of sp³-hybridized carbons (Fsp3) is 0.304. The van der Waals surface area contributed by atoms with Gasteiger partial charge in [0.25, 0.3) is 5.95 Å². The third-order valence-electron chi connectivity index (χ3n) is 4.23. The number of aryl methyl sites for hydroxylation is 1. The minimum atomic E-state index is -0.583. The number of nitrogens with two attached hydrogens (primary N) is 1. The van der Waals surface area contributed by atoms with Gasteiger partial charge in [-0.3, -0.25) is 4.68 Å². The molecule has 2 aromatic heterocycles. The Morgan fingerprint density at radius 1 is 1.29 bits per heavy atom. The van der Waals surface area contributed by atoms with Crippen LogP contribution in [0.4, 0.5) is 17.5 Å². The number of nitrogens with zero attached hydrogens (tertiary/aromatic N) is 6. The van der Waals surface area contributed by atoms with Gasteiger partial charge in [-0.15, -0.1) is 0 Å². The summed E-state index contributed by atoms with van der Waals surface area (Å²) in [6, 6.07) is 5.41. The molecule has 2 heterocycles. The molecule has 0 atom stereocenters. The number of hydrogen-bond acceptors (Lipinski definition) is 10. The lowest BCUT2D eigenvalue weighted by Crippen LogP contribution is -2.12. The normalized spacial score (nSPS) is 11.0. The SMILES string of the molecule is CC.CCOC(=O)c1cnc(/N=C(N)\C=C/NC)nc1Nc1cccc(-c2ncn(C)n2)c1OC. The Labute approximate surface area is 204 Å². The van der Waals surface area contributed by atoms with E-state index >= 15 is 0 Å². The van der Waals surface area contributed by atoms with Gasteiger partial charge < -0.3 is 25.8 Å². The molecule has 35 heavy (non-hydrogen) atoms. The van der Waals surface area contributed by atoms with Crippen molar-refractivity contribution in [2.45, 2.75) is 20.8 Å². The average molecular weight is 482 g/mol. The smallest absolute Gasteiger partial charge is 0.343 e. The van der Waals surface area contributed by atoms with Crippen LogP contribution in [0.5, 0.6) is 5.75 Å². The van der Waals surface area contributed by atoms with Crippen molar-refractivity contribution in [3.63, 3.8) is 0 Å². The Bertz CT molecular complexity index is 1190. The fourth-order valence-corrected chi connectivity index (χ4v) is 2.82. The summed E-state index contributed by atoms with van der Waals surface area (Å²) in [6.07, 6.45) is 6.10. The summed E-state index contributed by atoms with van der Waals surface area (Å²) in [5.74, 6) is 0.793. The molecule has 0 aliphatic carbocycles. The number of carbonyl (C=O) groups excluding carboxylic acids is 1. The molecular formula is C23H31N9O3.